The van der Waals surface area contributed by atoms with Crippen LogP contribution in [0.4, 0.5) is 0 Å². The van der Waals surface area contributed by atoms with Crippen molar-refractivity contribution in [2.24, 2.45) is 62.6 Å². The fourth-order valence-corrected chi connectivity index (χ4v) is 17.0. The average molecular weight is 735 g/mol. The molecule has 0 amide bonds. The molecular weight excluding hydrogens is 665 g/mol. The summed E-state index contributed by atoms with van der Waals surface area (Å²) < 4.78 is 29.1. The van der Waals surface area contributed by atoms with E-state index in [-0.39, 0.29) is 16.9 Å². The summed E-state index contributed by atoms with van der Waals surface area (Å²) >= 11 is 0. The van der Waals surface area contributed by atoms with E-state index in [0.717, 1.165) is 31.8 Å². The number of allylic oxidation sites excluding steroid dienone is 5. The Kier molecular flexibility index (Phi) is 9.03. The third kappa shape index (κ3) is 5.56. The zero-order valence-corrected chi connectivity index (χ0v) is 34.6. The molecular formula is C45H70N2O4S. The van der Waals surface area contributed by atoms with Crippen molar-refractivity contribution in [1.29, 1.82) is 0 Å². The highest BCUT2D eigenvalue weighted by Crippen LogP contribution is 2.77. The van der Waals surface area contributed by atoms with Gasteiger partial charge in [0.05, 0.1) is 18.6 Å². The highest BCUT2D eigenvalue weighted by molar-refractivity contribution is 7.91. The molecule has 8 aliphatic rings. The van der Waals surface area contributed by atoms with E-state index in [0.29, 0.717) is 82.3 Å². The number of hydrogen-bond acceptors (Lipinski definition) is 6. The number of fused-ring (bicyclic) bond motifs is 7. The summed E-state index contributed by atoms with van der Waals surface area (Å²) in [5, 5.41) is 4.24. The molecule has 0 aromatic carbocycles. The maximum Gasteiger partial charge on any atom is 0.305 e. The van der Waals surface area contributed by atoms with E-state index in [1.54, 1.807) is 11.1 Å². The quantitative estimate of drug-likeness (QED) is 0.199. The van der Waals surface area contributed by atoms with Crippen molar-refractivity contribution < 1.29 is 17.9 Å². The van der Waals surface area contributed by atoms with E-state index in [2.05, 4.69) is 70.5 Å². The molecule has 0 bridgehead atoms. The second kappa shape index (κ2) is 12.5. The minimum atomic E-state index is -2.85. The summed E-state index contributed by atoms with van der Waals surface area (Å²) in [7, 11) is -1.34. The maximum atomic E-state index is 12.1. The van der Waals surface area contributed by atoms with Gasteiger partial charge < -0.3 is 15.0 Å². The van der Waals surface area contributed by atoms with Crippen molar-refractivity contribution in [3.8, 4) is 0 Å². The first-order valence-electron chi connectivity index (χ1n) is 21.2. The number of carbonyl (C=O) groups is 1. The smallest absolute Gasteiger partial charge is 0.305 e. The van der Waals surface area contributed by atoms with Gasteiger partial charge in [0.1, 0.15) is 0 Å². The molecule has 6 nitrogen and oxygen atoms in total. The van der Waals surface area contributed by atoms with Crippen LogP contribution in [0.1, 0.15) is 125 Å². The van der Waals surface area contributed by atoms with Crippen molar-refractivity contribution in [3.05, 3.63) is 35.5 Å². The molecule has 6 fully saturated rings. The van der Waals surface area contributed by atoms with Crippen LogP contribution < -0.4 is 5.32 Å². The van der Waals surface area contributed by atoms with Crippen LogP contribution in [0, 0.1) is 62.6 Å². The molecule has 52 heavy (non-hydrogen) atoms. The lowest BCUT2D eigenvalue weighted by atomic mass is 9.32. The largest absolute Gasteiger partial charge is 0.469 e. The second-order valence-corrected chi connectivity index (χ2v) is 23.4. The van der Waals surface area contributed by atoms with Crippen LogP contribution in [0.5, 0.6) is 0 Å². The number of carbonyl (C=O) groups excluding carboxylic acids is 1. The molecule has 1 spiro atoms. The normalized spacial score (nSPS) is 47.4. The number of rotatable bonds is 8. The van der Waals surface area contributed by atoms with Gasteiger partial charge in [-0.05, 0) is 158 Å². The highest BCUT2D eigenvalue weighted by Gasteiger charge is 2.70. The summed E-state index contributed by atoms with van der Waals surface area (Å²) in [5.41, 5.74) is 6.31. The molecule has 5 saturated carbocycles. The second-order valence-electron chi connectivity index (χ2n) is 21.1. The number of sulfone groups is 1. The van der Waals surface area contributed by atoms with Crippen LogP contribution in [-0.4, -0.2) is 69.6 Å². The number of esters is 1. The van der Waals surface area contributed by atoms with Crippen LogP contribution >= 0.6 is 0 Å². The predicted octanol–water partition coefficient (Wildman–Crippen LogP) is 8.54. The molecule has 7 aliphatic carbocycles. The average Bonchev–Trinajstić information content (AvgIpc) is 3.43. The van der Waals surface area contributed by atoms with E-state index in [1.807, 2.05) is 0 Å². The summed E-state index contributed by atoms with van der Waals surface area (Å²) in [6, 6.07) is 0. The van der Waals surface area contributed by atoms with E-state index in [4.69, 9.17) is 4.74 Å². The van der Waals surface area contributed by atoms with Gasteiger partial charge in [0, 0.05) is 38.1 Å². The minimum absolute atomic E-state index is 0.0556. The maximum absolute atomic E-state index is 12.1. The van der Waals surface area contributed by atoms with Crippen molar-refractivity contribution in [2.45, 2.75) is 131 Å². The molecule has 0 aromatic heterocycles. The van der Waals surface area contributed by atoms with E-state index in [9.17, 15) is 13.2 Å². The number of ether oxygens (including phenoxy) is 1. The van der Waals surface area contributed by atoms with Gasteiger partial charge >= 0.3 is 5.97 Å². The zero-order chi connectivity index (χ0) is 37.1. The van der Waals surface area contributed by atoms with E-state index >= 15 is 0 Å². The monoisotopic (exact) mass is 735 g/mol. The summed E-state index contributed by atoms with van der Waals surface area (Å²) in [4.78, 5) is 14.2. The van der Waals surface area contributed by atoms with Crippen molar-refractivity contribution in [2.75, 3.05) is 44.8 Å². The zero-order valence-electron chi connectivity index (χ0n) is 33.7. The first kappa shape index (κ1) is 37.5. The molecule has 0 radical (unpaired) electrons. The lowest BCUT2D eigenvalue weighted by Crippen LogP contribution is -2.68. The fraction of sp³-hybridized carbons (Fsp3) is 0.844. The van der Waals surface area contributed by atoms with Crippen LogP contribution in [0.15, 0.2) is 35.5 Å². The topological polar surface area (TPSA) is 75.7 Å². The Labute approximate surface area is 316 Å². The Morgan fingerprint density at radius 1 is 0.962 bits per heavy atom. The molecule has 1 N–H and O–H groups in total. The van der Waals surface area contributed by atoms with Crippen molar-refractivity contribution in [3.63, 3.8) is 0 Å². The Balaban J connectivity index is 1.00. The van der Waals surface area contributed by atoms with Crippen molar-refractivity contribution in [1.82, 2.24) is 10.2 Å². The summed E-state index contributed by atoms with van der Waals surface area (Å²) in [6.07, 6.45) is 21.1. The molecule has 7 heteroatoms. The SMILES string of the molecule is C=C(C)[C@@H]1CC[C@]2(NCCN3CCS(=O)(=O)CC3)CC[C@]3(C)[C@H](CC[C@@H]4[C@@]5(C)CC=C(C6=CC7(C6)CC(CC(=O)OC)C7)C(C)(C)[C@@H]5CC[C@]43C)[C@@H]12. The molecule has 1 saturated heterocycles. The van der Waals surface area contributed by atoms with E-state index < -0.39 is 9.84 Å². The molecule has 9 atom stereocenters. The summed E-state index contributed by atoms with van der Waals surface area (Å²) in [6.45, 7) is 23.6. The van der Waals surface area contributed by atoms with Crippen LogP contribution in [0.2, 0.25) is 0 Å². The lowest BCUT2D eigenvalue weighted by Gasteiger charge is -2.72. The molecule has 1 heterocycles. The van der Waals surface area contributed by atoms with Crippen LogP contribution in [-0.2, 0) is 19.4 Å². The highest BCUT2D eigenvalue weighted by atomic mass is 32.2. The molecule has 1 aliphatic heterocycles. The van der Waals surface area contributed by atoms with Gasteiger partial charge in [0.25, 0.3) is 0 Å². The lowest BCUT2D eigenvalue weighted by molar-refractivity contribution is -0.221. The third-order valence-electron chi connectivity index (χ3n) is 18.4. The van der Waals surface area contributed by atoms with Gasteiger partial charge in [0.15, 0.2) is 9.84 Å². The van der Waals surface area contributed by atoms with Crippen LogP contribution in [0.3, 0.4) is 0 Å². The number of hydrogen-bond donors (Lipinski definition) is 1. The van der Waals surface area contributed by atoms with Gasteiger partial charge in [0.2, 0.25) is 0 Å². The van der Waals surface area contributed by atoms with Gasteiger partial charge in [-0.25, -0.2) is 8.42 Å². The third-order valence-corrected chi connectivity index (χ3v) is 20.0. The number of methoxy groups -OCH3 is 1. The Morgan fingerprint density at radius 2 is 1.67 bits per heavy atom. The molecule has 290 valence electrons. The Morgan fingerprint density at radius 3 is 2.35 bits per heavy atom. The standard InChI is InChI=1S/C45H70N2O4S/c1-30(2)33-11-16-45(46-19-20-47-21-23-52(49,50)24-22-47)18-17-42(6)35(39(33)45)9-10-37-41(5)14-12-34(40(3,4)36(41)13-15-43(37,42)7)32-28-44(29-32)26-31(27-44)25-38(48)51-8/h12,28,31,33,35-37,39,46H,1,9-11,13-27,29H2,2-8H3/t31?,33-,35+,36-,37+,39+,41-,42+,43+,44?,45-/m0/s1. The Bertz CT molecular complexity index is 1640. The van der Waals surface area contributed by atoms with Gasteiger partial charge in [-0.15, -0.1) is 0 Å². The summed E-state index contributed by atoms with van der Waals surface area (Å²) in [5.74, 6) is 4.44. The minimum Gasteiger partial charge on any atom is -0.469 e. The van der Waals surface area contributed by atoms with Crippen LogP contribution in [0.25, 0.3) is 0 Å². The predicted molar refractivity (Wildman–Crippen MR) is 210 cm³/mol. The van der Waals surface area contributed by atoms with Gasteiger partial charge in [-0.1, -0.05) is 58.9 Å². The number of nitrogens with zero attached hydrogens (tertiary/aromatic N) is 1. The van der Waals surface area contributed by atoms with Gasteiger partial charge in [-0.3, -0.25) is 4.79 Å². The first-order chi connectivity index (χ1) is 24.4. The first-order valence-corrected chi connectivity index (χ1v) is 23.1. The van der Waals surface area contributed by atoms with Crippen molar-refractivity contribution >= 4 is 15.8 Å². The van der Waals surface area contributed by atoms with Gasteiger partial charge in [-0.2, -0.15) is 0 Å². The molecule has 0 aromatic rings. The van der Waals surface area contributed by atoms with E-state index in [1.165, 1.54) is 76.9 Å². The fourth-order valence-electron chi connectivity index (χ4n) is 15.8. The Hall–Kier alpha value is -1.44. The number of nitrogens with one attached hydrogen (secondary N) is 1. The molecule has 0 unspecified atom stereocenters. The molecule has 8 rings (SSSR count).